The highest BCUT2D eigenvalue weighted by Gasteiger charge is 2.22. The van der Waals surface area contributed by atoms with Gasteiger partial charge in [0.2, 0.25) is 0 Å². The third-order valence-corrected chi connectivity index (χ3v) is 4.37. The van der Waals surface area contributed by atoms with E-state index in [-0.39, 0.29) is 0 Å². The van der Waals surface area contributed by atoms with Crippen LogP contribution in [0.15, 0.2) is 24.3 Å². The molecule has 0 unspecified atom stereocenters. The minimum absolute atomic E-state index is 0.633. The summed E-state index contributed by atoms with van der Waals surface area (Å²) in [4.78, 5) is 10.6. The van der Waals surface area contributed by atoms with Crippen molar-refractivity contribution in [2.75, 3.05) is 6.54 Å². The molecule has 0 spiro atoms. The number of hydrogen-bond acceptors (Lipinski definition) is 2. The van der Waals surface area contributed by atoms with Gasteiger partial charge < -0.3 is 10.5 Å². The molecule has 1 aliphatic carbocycles. The van der Waals surface area contributed by atoms with Crippen molar-refractivity contribution in [3.05, 3.63) is 35.4 Å². The number of aldehydes is 1. The van der Waals surface area contributed by atoms with Crippen LogP contribution in [0.1, 0.15) is 55.6 Å². The Morgan fingerprint density at radius 1 is 1.21 bits per heavy atom. The van der Waals surface area contributed by atoms with Gasteiger partial charge in [-0.2, -0.15) is 0 Å². The molecule has 2 nitrogen and oxygen atoms in total. The molecule has 1 aromatic carbocycles. The fourth-order valence-corrected chi connectivity index (χ4v) is 3.18. The summed E-state index contributed by atoms with van der Waals surface area (Å²) in [5.74, 6) is 1.33. The van der Waals surface area contributed by atoms with Crippen molar-refractivity contribution in [3.8, 4) is 0 Å². The molecule has 1 aliphatic rings. The Balaban J connectivity index is 1.93. The van der Waals surface area contributed by atoms with Gasteiger partial charge in [-0.15, -0.1) is 0 Å². The van der Waals surface area contributed by atoms with Crippen LogP contribution in [-0.4, -0.2) is 12.8 Å². The first-order chi connectivity index (χ1) is 9.33. The topological polar surface area (TPSA) is 43.1 Å². The lowest BCUT2D eigenvalue weighted by Gasteiger charge is -2.28. The van der Waals surface area contributed by atoms with Crippen LogP contribution >= 0.6 is 0 Å². The minimum atomic E-state index is 0.633. The smallest absolute Gasteiger partial charge is 0.120 e. The molecular formula is C17H25NO. The first kappa shape index (κ1) is 14.3. The van der Waals surface area contributed by atoms with E-state index in [9.17, 15) is 4.79 Å². The Hall–Kier alpha value is -1.15. The molecule has 0 heterocycles. The van der Waals surface area contributed by atoms with Crippen LogP contribution < -0.4 is 5.73 Å². The van der Waals surface area contributed by atoms with Gasteiger partial charge in [-0.05, 0) is 68.0 Å². The summed E-state index contributed by atoms with van der Waals surface area (Å²) in [6.07, 6.45) is 8.87. The second-order valence-electron chi connectivity index (χ2n) is 5.76. The number of nitrogens with two attached hydrogens (primary N) is 1. The molecule has 1 saturated carbocycles. The van der Waals surface area contributed by atoms with Gasteiger partial charge in [0.05, 0.1) is 0 Å². The average molecular weight is 259 g/mol. The maximum absolute atomic E-state index is 10.6. The number of carbonyl (C=O) groups excluding carboxylic acids is 1. The second kappa shape index (κ2) is 7.44. The molecule has 0 atom stereocenters. The van der Waals surface area contributed by atoms with E-state index in [4.69, 9.17) is 5.73 Å². The van der Waals surface area contributed by atoms with E-state index in [1.54, 1.807) is 0 Å². The summed E-state index contributed by atoms with van der Waals surface area (Å²) in [6, 6.07) is 9.01. The maximum Gasteiger partial charge on any atom is 0.120 e. The standard InChI is InChI=1S/C17H25NO/c18-11-2-4-15-3-1-5-17(13-15)16-8-6-14(7-9-16)10-12-19/h1,3,5,12-14,16H,2,4,6-11,18H2. The largest absolute Gasteiger partial charge is 0.330 e. The first-order valence-electron chi connectivity index (χ1n) is 7.56. The monoisotopic (exact) mass is 259 g/mol. The number of benzene rings is 1. The second-order valence-corrected chi connectivity index (χ2v) is 5.76. The number of hydrogen-bond donors (Lipinski definition) is 1. The van der Waals surface area contributed by atoms with Crippen molar-refractivity contribution in [1.29, 1.82) is 0 Å². The lowest BCUT2D eigenvalue weighted by molar-refractivity contribution is -0.108. The molecule has 0 saturated heterocycles. The van der Waals surface area contributed by atoms with Gasteiger partial charge in [0.1, 0.15) is 6.29 Å². The van der Waals surface area contributed by atoms with Crippen molar-refractivity contribution in [2.24, 2.45) is 11.7 Å². The van der Waals surface area contributed by atoms with E-state index in [1.807, 2.05) is 0 Å². The molecule has 2 heteroatoms. The predicted molar refractivity (Wildman–Crippen MR) is 79.2 cm³/mol. The van der Waals surface area contributed by atoms with Crippen molar-refractivity contribution in [1.82, 2.24) is 0 Å². The SMILES string of the molecule is NCCCc1cccc(C2CCC(CC=O)CC2)c1. The summed E-state index contributed by atoms with van der Waals surface area (Å²) in [5, 5.41) is 0. The maximum atomic E-state index is 10.6. The highest BCUT2D eigenvalue weighted by atomic mass is 16.1. The summed E-state index contributed by atoms with van der Waals surface area (Å²) in [5.41, 5.74) is 8.47. The van der Waals surface area contributed by atoms with Gasteiger partial charge in [0.15, 0.2) is 0 Å². The molecule has 0 bridgehead atoms. The number of aryl methyl sites for hydroxylation is 1. The van der Waals surface area contributed by atoms with Crippen LogP contribution in [0.25, 0.3) is 0 Å². The summed E-state index contributed by atoms with van der Waals surface area (Å²) in [7, 11) is 0. The van der Waals surface area contributed by atoms with Crippen molar-refractivity contribution in [3.63, 3.8) is 0 Å². The van der Waals surface area contributed by atoms with Crippen molar-refractivity contribution in [2.45, 2.75) is 50.9 Å². The molecule has 1 fully saturated rings. The third kappa shape index (κ3) is 4.17. The molecule has 0 aliphatic heterocycles. The van der Waals surface area contributed by atoms with Crippen LogP contribution in [0, 0.1) is 5.92 Å². The Kier molecular flexibility index (Phi) is 5.59. The molecule has 19 heavy (non-hydrogen) atoms. The lowest BCUT2D eigenvalue weighted by atomic mass is 9.77. The molecule has 2 N–H and O–H groups in total. The van der Waals surface area contributed by atoms with Crippen molar-refractivity contribution < 1.29 is 4.79 Å². The quantitative estimate of drug-likeness (QED) is 0.795. The van der Waals surface area contributed by atoms with Crippen LogP contribution in [0.3, 0.4) is 0 Å². The molecular weight excluding hydrogens is 234 g/mol. The van der Waals surface area contributed by atoms with Gasteiger partial charge in [0, 0.05) is 6.42 Å². The fourth-order valence-electron chi connectivity index (χ4n) is 3.18. The lowest BCUT2D eigenvalue weighted by Crippen LogP contribution is -2.13. The minimum Gasteiger partial charge on any atom is -0.330 e. The Morgan fingerprint density at radius 3 is 2.68 bits per heavy atom. The van der Waals surface area contributed by atoms with Gasteiger partial charge in [0.25, 0.3) is 0 Å². The molecule has 1 aromatic rings. The number of carbonyl (C=O) groups is 1. The zero-order chi connectivity index (χ0) is 13.5. The Labute approximate surface area is 116 Å². The molecule has 2 rings (SSSR count). The van der Waals surface area contributed by atoms with Crippen LogP contribution in [-0.2, 0) is 11.2 Å². The van der Waals surface area contributed by atoms with Gasteiger partial charge in [-0.3, -0.25) is 0 Å². The average Bonchev–Trinajstić information content (AvgIpc) is 2.46. The fraction of sp³-hybridized carbons (Fsp3) is 0.588. The normalized spacial score (nSPS) is 23.2. The first-order valence-corrected chi connectivity index (χ1v) is 7.56. The van der Waals surface area contributed by atoms with Gasteiger partial charge >= 0.3 is 0 Å². The highest BCUT2D eigenvalue weighted by molar-refractivity contribution is 5.49. The third-order valence-electron chi connectivity index (χ3n) is 4.37. The predicted octanol–water partition coefficient (Wildman–Crippen LogP) is 3.44. The van der Waals surface area contributed by atoms with E-state index < -0.39 is 0 Å². The zero-order valence-corrected chi connectivity index (χ0v) is 11.7. The van der Waals surface area contributed by atoms with Crippen LogP contribution in [0.5, 0.6) is 0 Å². The van der Waals surface area contributed by atoms with E-state index >= 15 is 0 Å². The molecule has 0 aromatic heterocycles. The van der Waals surface area contributed by atoms with E-state index in [1.165, 1.54) is 36.8 Å². The van der Waals surface area contributed by atoms with E-state index in [2.05, 4.69) is 24.3 Å². The summed E-state index contributed by atoms with van der Waals surface area (Å²) in [6.45, 7) is 0.765. The highest BCUT2D eigenvalue weighted by Crippen LogP contribution is 2.36. The van der Waals surface area contributed by atoms with Crippen LogP contribution in [0.4, 0.5) is 0 Å². The molecule has 0 amide bonds. The van der Waals surface area contributed by atoms with Crippen molar-refractivity contribution >= 4 is 6.29 Å². The molecule has 0 radical (unpaired) electrons. The number of rotatable bonds is 6. The summed E-state index contributed by atoms with van der Waals surface area (Å²) >= 11 is 0. The van der Waals surface area contributed by atoms with Crippen LogP contribution in [0.2, 0.25) is 0 Å². The Bertz CT molecular complexity index is 394. The van der Waals surface area contributed by atoms with Gasteiger partial charge in [-0.1, -0.05) is 24.3 Å². The Morgan fingerprint density at radius 2 is 2.00 bits per heavy atom. The zero-order valence-electron chi connectivity index (χ0n) is 11.7. The summed E-state index contributed by atoms with van der Waals surface area (Å²) < 4.78 is 0. The van der Waals surface area contributed by atoms with E-state index in [0.29, 0.717) is 11.8 Å². The van der Waals surface area contributed by atoms with Gasteiger partial charge in [-0.25, -0.2) is 0 Å². The molecule has 104 valence electrons. The van der Waals surface area contributed by atoms with E-state index in [0.717, 1.165) is 32.1 Å².